The van der Waals surface area contributed by atoms with Crippen molar-refractivity contribution < 1.29 is 19.2 Å². The van der Waals surface area contributed by atoms with Crippen molar-refractivity contribution in [3.63, 3.8) is 0 Å². The van der Waals surface area contributed by atoms with Crippen LogP contribution in [0.5, 0.6) is 0 Å². The van der Waals surface area contributed by atoms with Crippen LogP contribution in [0.3, 0.4) is 0 Å². The number of unbranched alkanes of at least 4 members (excludes halogenated alkanes) is 11. The number of hydrogen-bond donors (Lipinski definition) is 0. The molecule has 0 bridgehead atoms. The van der Waals surface area contributed by atoms with Gasteiger partial charge in [-0.15, -0.1) is 0 Å². The van der Waals surface area contributed by atoms with Gasteiger partial charge in [0.2, 0.25) is 0 Å². The summed E-state index contributed by atoms with van der Waals surface area (Å²) >= 11 is 0. The molecule has 1 aromatic carbocycles. The average Bonchev–Trinajstić information content (AvgIpc) is 2.85. The number of carbonyl (C=O) groups is 4. The summed E-state index contributed by atoms with van der Waals surface area (Å²) in [5.74, 6) is 0.835. The molecule has 0 aliphatic heterocycles. The maximum absolute atomic E-state index is 12.2. The van der Waals surface area contributed by atoms with Crippen molar-refractivity contribution in [3.05, 3.63) is 35.4 Å². The van der Waals surface area contributed by atoms with Crippen molar-refractivity contribution in [2.75, 3.05) is 0 Å². The summed E-state index contributed by atoms with van der Waals surface area (Å²) < 4.78 is 0. The van der Waals surface area contributed by atoms with Crippen molar-refractivity contribution in [2.24, 2.45) is 0 Å². The van der Waals surface area contributed by atoms with Gasteiger partial charge >= 0.3 is 0 Å². The molecule has 0 atom stereocenters. The molecule has 1 aromatic rings. The standard InChI is InChI=1S/C31H48O4/c1-3-4-5-6-9-12-17-29(33)19-15-16-20-30(34)18-13-10-7-8-11-14-21-31(35)28-24-22-27(23-25-28)26(2)32/h22-25H,3-21H2,1-2H3. The molecule has 0 aliphatic carbocycles. The van der Waals surface area contributed by atoms with Crippen LogP contribution in [0.15, 0.2) is 24.3 Å². The van der Waals surface area contributed by atoms with E-state index in [2.05, 4.69) is 6.92 Å². The molecule has 0 unspecified atom stereocenters. The van der Waals surface area contributed by atoms with E-state index >= 15 is 0 Å². The van der Waals surface area contributed by atoms with Gasteiger partial charge in [-0.25, -0.2) is 0 Å². The van der Waals surface area contributed by atoms with Gasteiger partial charge in [0.15, 0.2) is 11.6 Å². The van der Waals surface area contributed by atoms with Crippen LogP contribution in [0.2, 0.25) is 0 Å². The van der Waals surface area contributed by atoms with E-state index in [1.165, 1.54) is 39.0 Å². The van der Waals surface area contributed by atoms with E-state index in [1.54, 1.807) is 24.3 Å². The van der Waals surface area contributed by atoms with Gasteiger partial charge in [-0.2, -0.15) is 0 Å². The zero-order chi connectivity index (χ0) is 25.7. The molecule has 4 nitrogen and oxygen atoms in total. The van der Waals surface area contributed by atoms with Gasteiger partial charge in [0.1, 0.15) is 11.6 Å². The minimum absolute atomic E-state index is 0.0104. The lowest BCUT2D eigenvalue weighted by Crippen LogP contribution is -2.01. The Morgan fingerprint density at radius 1 is 0.486 bits per heavy atom. The van der Waals surface area contributed by atoms with Gasteiger partial charge in [-0.3, -0.25) is 19.2 Å². The van der Waals surface area contributed by atoms with Crippen LogP contribution < -0.4 is 0 Å². The molecule has 0 aromatic heterocycles. The lowest BCUT2D eigenvalue weighted by Gasteiger charge is -2.04. The molecule has 35 heavy (non-hydrogen) atoms. The third kappa shape index (κ3) is 16.2. The highest BCUT2D eigenvalue weighted by Gasteiger charge is 2.08. The summed E-state index contributed by atoms with van der Waals surface area (Å²) in [5.41, 5.74) is 1.31. The molecular weight excluding hydrogens is 436 g/mol. The minimum atomic E-state index is 0.0104. The van der Waals surface area contributed by atoms with Crippen LogP contribution in [-0.4, -0.2) is 23.1 Å². The first-order valence-corrected chi connectivity index (χ1v) is 14.1. The number of hydrogen-bond acceptors (Lipinski definition) is 4. The summed E-state index contributed by atoms with van der Waals surface area (Å²) in [4.78, 5) is 47.5. The van der Waals surface area contributed by atoms with Gasteiger partial charge in [0.25, 0.3) is 0 Å². The molecular formula is C31H48O4. The average molecular weight is 485 g/mol. The van der Waals surface area contributed by atoms with Crippen LogP contribution >= 0.6 is 0 Å². The molecule has 0 fully saturated rings. The topological polar surface area (TPSA) is 68.3 Å². The van der Waals surface area contributed by atoms with Crippen molar-refractivity contribution >= 4 is 23.1 Å². The Morgan fingerprint density at radius 3 is 1.26 bits per heavy atom. The van der Waals surface area contributed by atoms with E-state index in [9.17, 15) is 19.2 Å². The van der Waals surface area contributed by atoms with E-state index < -0.39 is 0 Å². The Labute approximate surface area is 213 Å². The quantitative estimate of drug-likeness (QED) is 0.115. The molecule has 1 rings (SSSR count). The predicted molar refractivity (Wildman–Crippen MR) is 144 cm³/mol. The van der Waals surface area contributed by atoms with Crippen molar-refractivity contribution in [1.29, 1.82) is 0 Å². The highest BCUT2D eigenvalue weighted by molar-refractivity contribution is 5.98. The summed E-state index contributed by atoms with van der Waals surface area (Å²) in [6.07, 6.45) is 18.2. The lowest BCUT2D eigenvalue weighted by atomic mass is 10.0. The van der Waals surface area contributed by atoms with E-state index in [0.717, 1.165) is 57.8 Å². The number of ketones is 4. The molecule has 0 N–H and O–H groups in total. The first kappa shape index (κ1) is 30.9. The van der Waals surface area contributed by atoms with Crippen molar-refractivity contribution in [3.8, 4) is 0 Å². The van der Waals surface area contributed by atoms with Crippen molar-refractivity contribution in [1.82, 2.24) is 0 Å². The van der Waals surface area contributed by atoms with Crippen LogP contribution in [0.25, 0.3) is 0 Å². The zero-order valence-corrected chi connectivity index (χ0v) is 22.4. The number of carbonyl (C=O) groups excluding carboxylic acids is 4. The monoisotopic (exact) mass is 484 g/mol. The molecule has 0 aliphatic rings. The van der Waals surface area contributed by atoms with Gasteiger partial charge < -0.3 is 0 Å². The second-order valence-corrected chi connectivity index (χ2v) is 9.98. The first-order valence-electron chi connectivity index (χ1n) is 14.1. The molecule has 0 saturated heterocycles. The SMILES string of the molecule is CCCCCCCCC(=O)CCCCC(=O)CCCCCCCCC(=O)c1ccc(C(C)=O)cc1. The first-order chi connectivity index (χ1) is 16.9. The smallest absolute Gasteiger partial charge is 0.162 e. The van der Waals surface area contributed by atoms with Crippen LogP contribution in [0.4, 0.5) is 0 Å². The van der Waals surface area contributed by atoms with E-state index in [1.807, 2.05) is 0 Å². The van der Waals surface area contributed by atoms with E-state index in [-0.39, 0.29) is 11.6 Å². The molecule has 0 heterocycles. The van der Waals surface area contributed by atoms with Gasteiger partial charge in [0.05, 0.1) is 0 Å². The number of Topliss-reactive ketones (excluding diaryl/α,β-unsaturated/α-hetero) is 4. The minimum Gasteiger partial charge on any atom is -0.300 e. The lowest BCUT2D eigenvalue weighted by molar-refractivity contribution is -0.121. The second kappa shape index (κ2) is 20.1. The Bertz CT molecular complexity index is 748. The largest absolute Gasteiger partial charge is 0.300 e. The van der Waals surface area contributed by atoms with Gasteiger partial charge in [0, 0.05) is 43.2 Å². The summed E-state index contributed by atoms with van der Waals surface area (Å²) in [6, 6.07) is 6.91. The molecule has 4 heteroatoms. The Balaban J connectivity index is 1.93. The Morgan fingerprint density at radius 2 is 0.829 bits per heavy atom. The summed E-state index contributed by atoms with van der Waals surface area (Å²) in [5, 5.41) is 0. The van der Waals surface area contributed by atoms with Crippen LogP contribution in [0, 0.1) is 0 Å². The molecule has 0 amide bonds. The molecule has 0 saturated carbocycles. The fraction of sp³-hybridized carbons (Fsp3) is 0.677. The fourth-order valence-corrected chi connectivity index (χ4v) is 4.35. The van der Waals surface area contributed by atoms with Crippen LogP contribution in [0.1, 0.15) is 157 Å². The normalized spacial score (nSPS) is 10.9. The number of benzene rings is 1. The predicted octanol–water partition coefficient (Wildman–Crippen LogP) is 8.64. The highest BCUT2D eigenvalue weighted by atomic mass is 16.1. The maximum atomic E-state index is 12.2. The second-order valence-electron chi connectivity index (χ2n) is 9.98. The van der Waals surface area contributed by atoms with Gasteiger partial charge in [-0.1, -0.05) is 89.0 Å². The van der Waals surface area contributed by atoms with E-state index in [4.69, 9.17) is 0 Å². The van der Waals surface area contributed by atoms with E-state index in [0.29, 0.717) is 54.8 Å². The molecule has 0 spiro atoms. The number of rotatable bonds is 23. The Kier molecular flexibility index (Phi) is 17.8. The van der Waals surface area contributed by atoms with Crippen LogP contribution in [-0.2, 0) is 9.59 Å². The highest BCUT2D eigenvalue weighted by Crippen LogP contribution is 2.14. The third-order valence-corrected chi connectivity index (χ3v) is 6.69. The van der Waals surface area contributed by atoms with Crippen molar-refractivity contribution in [2.45, 2.75) is 136 Å². The molecule has 196 valence electrons. The Hall–Kier alpha value is -2.10. The van der Waals surface area contributed by atoms with Gasteiger partial charge in [-0.05, 0) is 39.0 Å². The molecule has 0 radical (unpaired) electrons. The zero-order valence-electron chi connectivity index (χ0n) is 22.4. The summed E-state index contributed by atoms with van der Waals surface area (Å²) in [6.45, 7) is 3.74. The fourth-order valence-electron chi connectivity index (χ4n) is 4.35. The maximum Gasteiger partial charge on any atom is 0.162 e. The summed E-state index contributed by atoms with van der Waals surface area (Å²) in [7, 11) is 0. The third-order valence-electron chi connectivity index (χ3n) is 6.69.